The number of aromatic nitrogens is 3. The summed E-state index contributed by atoms with van der Waals surface area (Å²) in [6.45, 7) is 0.311. The molecule has 0 aliphatic rings. The number of hydrogen-bond donors (Lipinski definition) is 2. The normalized spacial score (nSPS) is 11.3. The van der Waals surface area contributed by atoms with Gasteiger partial charge in [0.05, 0.1) is 29.7 Å². The molecule has 0 unspecified atom stereocenters. The molecule has 3 aromatic carbocycles. The third-order valence-electron chi connectivity index (χ3n) is 5.31. The van der Waals surface area contributed by atoms with Gasteiger partial charge in [-0.05, 0) is 47.5 Å². The van der Waals surface area contributed by atoms with Crippen molar-refractivity contribution >= 4 is 39.6 Å². The van der Waals surface area contributed by atoms with Crippen LogP contribution in [0.4, 0.5) is 0 Å². The van der Waals surface area contributed by atoms with Crippen molar-refractivity contribution in [3.8, 4) is 22.6 Å². The summed E-state index contributed by atoms with van der Waals surface area (Å²) in [7, 11) is 1.57. The van der Waals surface area contributed by atoms with Crippen molar-refractivity contribution in [2.75, 3.05) is 7.11 Å². The highest BCUT2D eigenvalue weighted by molar-refractivity contribution is 7.00. The molecule has 0 aliphatic carbocycles. The molecule has 7 nitrogen and oxygen atoms in total. The van der Waals surface area contributed by atoms with E-state index in [-0.39, 0.29) is 11.4 Å². The van der Waals surface area contributed by atoms with Crippen molar-refractivity contribution in [3.63, 3.8) is 0 Å². The molecule has 0 amide bonds. The average molecular weight is 431 g/mol. The first-order chi connectivity index (χ1) is 15.1. The summed E-state index contributed by atoms with van der Waals surface area (Å²) in [5, 5.41) is 21.3. The van der Waals surface area contributed by atoms with Crippen LogP contribution in [0.3, 0.4) is 0 Å². The Balaban J connectivity index is 1.76. The second kappa shape index (κ2) is 7.41. The first-order valence-electron chi connectivity index (χ1n) is 9.50. The third-order valence-corrected chi connectivity index (χ3v) is 5.86. The van der Waals surface area contributed by atoms with Crippen LogP contribution in [0.15, 0.2) is 60.7 Å². The zero-order chi connectivity index (χ0) is 21.5. The van der Waals surface area contributed by atoms with E-state index in [1.54, 1.807) is 48.1 Å². The van der Waals surface area contributed by atoms with E-state index < -0.39 is 5.97 Å². The molecule has 0 saturated carbocycles. The van der Waals surface area contributed by atoms with Gasteiger partial charge >= 0.3 is 5.97 Å². The fourth-order valence-corrected chi connectivity index (χ4v) is 4.43. The van der Waals surface area contributed by atoms with Gasteiger partial charge < -0.3 is 19.5 Å². The van der Waals surface area contributed by atoms with E-state index in [1.807, 2.05) is 24.3 Å². The summed E-state index contributed by atoms with van der Waals surface area (Å²) in [6.07, 6.45) is 0. The number of carboxylic acids is 1. The zero-order valence-corrected chi connectivity index (χ0v) is 17.3. The maximum Gasteiger partial charge on any atom is 0.353 e. The van der Waals surface area contributed by atoms with Gasteiger partial charge in [0.1, 0.15) is 28.2 Å². The number of phenolic OH excluding ortho intramolecular Hbond substituents is 1. The van der Waals surface area contributed by atoms with E-state index in [0.29, 0.717) is 34.3 Å². The predicted octanol–water partition coefficient (Wildman–Crippen LogP) is 4.77. The summed E-state index contributed by atoms with van der Waals surface area (Å²) < 4.78 is 15.4. The molecule has 5 rings (SSSR count). The molecular weight excluding hydrogens is 414 g/mol. The third kappa shape index (κ3) is 3.17. The fourth-order valence-electron chi connectivity index (χ4n) is 3.92. The van der Waals surface area contributed by atoms with E-state index >= 15 is 0 Å². The van der Waals surface area contributed by atoms with Crippen LogP contribution in [0.1, 0.15) is 16.1 Å². The molecule has 5 aromatic rings. The van der Waals surface area contributed by atoms with Crippen molar-refractivity contribution in [2.45, 2.75) is 6.54 Å². The lowest BCUT2D eigenvalue weighted by Gasteiger charge is -2.10. The molecule has 0 aliphatic heterocycles. The summed E-state index contributed by atoms with van der Waals surface area (Å²) in [4.78, 5) is 12.4. The highest BCUT2D eigenvalue weighted by atomic mass is 32.1. The molecule has 0 bridgehead atoms. The van der Waals surface area contributed by atoms with Gasteiger partial charge in [0.15, 0.2) is 0 Å². The predicted molar refractivity (Wildman–Crippen MR) is 119 cm³/mol. The molecule has 0 spiro atoms. The van der Waals surface area contributed by atoms with E-state index in [1.165, 1.54) is 0 Å². The lowest BCUT2D eigenvalue weighted by molar-refractivity contribution is 0.0687. The zero-order valence-electron chi connectivity index (χ0n) is 16.4. The molecule has 0 atom stereocenters. The Kier molecular flexibility index (Phi) is 4.56. The van der Waals surface area contributed by atoms with Crippen LogP contribution in [0.5, 0.6) is 11.5 Å². The van der Waals surface area contributed by atoms with E-state index in [9.17, 15) is 15.0 Å². The number of aromatic hydroxyl groups is 1. The molecule has 2 N–H and O–H groups in total. The van der Waals surface area contributed by atoms with Gasteiger partial charge in [0.25, 0.3) is 0 Å². The van der Waals surface area contributed by atoms with Gasteiger partial charge in [-0.1, -0.05) is 24.3 Å². The van der Waals surface area contributed by atoms with Crippen LogP contribution in [0.2, 0.25) is 0 Å². The van der Waals surface area contributed by atoms with Crippen LogP contribution in [0.25, 0.3) is 33.1 Å². The number of benzene rings is 3. The first kappa shape index (κ1) is 19.1. The van der Waals surface area contributed by atoms with Crippen LogP contribution in [-0.4, -0.2) is 36.6 Å². The monoisotopic (exact) mass is 431 g/mol. The molecule has 0 radical (unpaired) electrons. The molecule has 154 valence electrons. The van der Waals surface area contributed by atoms with E-state index in [2.05, 4.69) is 8.75 Å². The minimum atomic E-state index is -1.07. The van der Waals surface area contributed by atoms with Crippen LogP contribution in [0, 0.1) is 0 Å². The highest BCUT2D eigenvalue weighted by Crippen LogP contribution is 2.40. The van der Waals surface area contributed by atoms with Crippen molar-refractivity contribution in [3.05, 3.63) is 71.9 Å². The Bertz CT molecular complexity index is 1440. The summed E-state index contributed by atoms with van der Waals surface area (Å²) in [6, 6.07) is 17.9. The number of hydrogen-bond acceptors (Lipinski definition) is 6. The number of aromatic carboxylic acids is 1. The minimum Gasteiger partial charge on any atom is -0.507 e. The SMILES string of the molecule is COc1ccc(-c2c(C(=O)O)n(Cc3ccc4nsnc4c3)c3cccc(O)c23)cc1. The maximum absolute atomic E-state index is 12.4. The first-order valence-corrected chi connectivity index (χ1v) is 10.2. The van der Waals surface area contributed by atoms with Crippen LogP contribution >= 0.6 is 11.7 Å². The summed E-state index contributed by atoms with van der Waals surface area (Å²) in [5.41, 5.74) is 4.37. The van der Waals surface area contributed by atoms with Crippen molar-refractivity contribution in [1.29, 1.82) is 0 Å². The molecule has 31 heavy (non-hydrogen) atoms. The fraction of sp³-hybridized carbons (Fsp3) is 0.0870. The number of methoxy groups -OCH3 is 1. The second-order valence-electron chi connectivity index (χ2n) is 7.10. The number of nitrogens with zero attached hydrogens (tertiary/aromatic N) is 3. The Morgan fingerprint density at radius 2 is 1.84 bits per heavy atom. The Hall–Kier alpha value is -3.91. The Morgan fingerprint density at radius 1 is 1.06 bits per heavy atom. The number of carbonyl (C=O) groups is 1. The van der Waals surface area contributed by atoms with Gasteiger partial charge in [-0.15, -0.1) is 0 Å². The van der Waals surface area contributed by atoms with Gasteiger partial charge in [-0.3, -0.25) is 0 Å². The number of phenols is 1. The summed E-state index contributed by atoms with van der Waals surface area (Å²) in [5.74, 6) is -0.375. The largest absolute Gasteiger partial charge is 0.507 e. The van der Waals surface area contributed by atoms with Crippen LogP contribution < -0.4 is 4.74 Å². The number of fused-ring (bicyclic) bond motifs is 2. The summed E-state index contributed by atoms with van der Waals surface area (Å²) >= 11 is 1.14. The quantitative estimate of drug-likeness (QED) is 0.416. The van der Waals surface area contributed by atoms with Crippen molar-refractivity contribution < 1.29 is 19.7 Å². The van der Waals surface area contributed by atoms with E-state index in [0.717, 1.165) is 28.3 Å². The van der Waals surface area contributed by atoms with Gasteiger partial charge in [-0.2, -0.15) is 8.75 Å². The lowest BCUT2D eigenvalue weighted by atomic mass is 10.0. The number of rotatable bonds is 5. The molecule has 2 aromatic heterocycles. The molecule has 2 heterocycles. The van der Waals surface area contributed by atoms with Gasteiger partial charge in [-0.25, -0.2) is 4.79 Å². The Labute approximate surface area is 181 Å². The highest BCUT2D eigenvalue weighted by Gasteiger charge is 2.25. The molecule has 0 fully saturated rings. The molecule has 8 heteroatoms. The topological polar surface area (TPSA) is 97.5 Å². The van der Waals surface area contributed by atoms with Crippen molar-refractivity contribution in [2.24, 2.45) is 0 Å². The maximum atomic E-state index is 12.4. The second-order valence-corrected chi connectivity index (χ2v) is 7.63. The van der Waals surface area contributed by atoms with Gasteiger partial charge in [0.2, 0.25) is 0 Å². The van der Waals surface area contributed by atoms with Crippen molar-refractivity contribution in [1.82, 2.24) is 13.3 Å². The van der Waals surface area contributed by atoms with Gasteiger partial charge in [0, 0.05) is 12.1 Å². The van der Waals surface area contributed by atoms with Crippen LogP contribution in [-0.2, 0) is 6.54 Å². The average Bonchev–Trinajstić information content (AvgIpc) is 3.37. The number of carboxylic acid groups (broad SMARTS) is 1. The lowest BCUT2D eigenvalue weighted by Crippen LogP contribution is -2.10. The smallest absolute Gasteiger partial charge is 0.353 e. The molecule has 0 saturated heterocycles. The Morgan fingerprint density at radius 3 is 2.58 bits per heavy atom. The minimum absolute atomic E-state index is 0.0312. The molecular formula is C23H17N3O4S. The number of ether oxygens (including phenoxy) is 1. The standard InChI is InChI=1S/C23H17N3O4S/c1-30-15-8-6-14(7-9-15)20-21-18(3-2-4-19(21)27)26(22(20)23(28)29)12-13-5-10-16-17(11-13)25-31-24-16/h2-11,27H,12H2,1H3,(H,28,29). The van der Waals surface area contributed by atoms with E-state index in [4.69, 9.17) is 4.74 Å².